The molecule has 1 aromatic heterocycles. The summed E-state index contributed by atoms with van der Waals surface area (Å²) >= 11 is 0. The van der Waals surface area contributed by atoms with E-state index < -0.39 is 5.54 Å². The number of nitrogens with zero attached hydrogens (tertiary/aromatic N) is 3. The van der Waals surface area contributed by atoms with E-state index >= 15 is 0 Å². The van der Waals surface area contributed by atoms with Gasteiger partial charge in [-0.3, -0.25) is 0 Å². The van der Waals surface area contributed by atoms with Crippen LogP contribution in [0.3, 0.4) is 0 Å². The van der Waals surface area contributed by atoms with Crippen molar-refractivity contribution in [3.63, 3.8) is 0 Å². The van der Waals surface area contributed by atoms with E-state index in [0.717, 1.165) is 5.69 Å². The minimum Gasteiger partial charge on any atom is -0.242 e. The van der Waals surface area contributed by atoms with Crippen molar-refractivity contribution < 1.29 is 0 Å². The van der Waals surface area contributed by atoms with Crippen LogP contribution in [0.15, 0.2) is 17.6 Å². The third-order valence-electron chi connectivity index (χ3n) is 1.66. The molecule has 0 radical (unpaired) electrons. The van der Waals surface area contributed by atoms with Gasteiger partial charge in [-0.15, -0.1) is 4.91 Å². The molecule has 0 amide bonds. The molecular weight excluding hydrogens is 154 g/mol. The molecule has 0 saturated heterocycles. The van der Waals surface area contributed by atoms with Gasteiger partial charge in [0.2, 0.25) is 0 Å². The summed E-state index contributed by atoms with van der Waals surface area (Å²) in [5.41, 5.74) is 0.745. The Morgan fingerprint density at radius 1 is 1.42 bits per heavy atom. The van der Waals surface area contributed by atoms with Crippen LogP contribution in [-0.4, -0.2) is 9.97 Å². The van der Waals surface area contributed by atoms with E-state index in [0.29, 0.717) is 5.69 Å². The van der Waals surface area contributed by atoms with Gasteiger partial charge in [-0.25, -0.2) is 9.97 Å². The van der Waals surface area contributed by atoms with Crippen molar-refractivity contribution in [3.05, 3.63) is 28.7 Å². The van der Waals surface area contributed by atoms with Crippen molar-refractivity contribution in [2.75, 3.05) is 0 Å². The fraction of sp³-hybridized carbons (Fsp3) is 0.500. The fourth-order valence-electron chi connectivity index (χ4n) is 0.836. The lowest BCUT2D eigenvalue weighted by molar-refractivity contribution is 0.531. The largest absolute Gasteiger partial charge is 0.242 e. The van der Waals surface area contributed by atoms with E-state index in [4.69, 9.17) is 0 Å². The number of rotatable bonds is 2. The summed E-state index contributed by atoms with van der Waals surface area (Å²) in [5.74, 6) is 0. The molecule has 0 atom stereocenters. The monoisotopic (exact) mass is 165 g/mol. The third-order valence-corrected chi connectivity index (χ3v) is 1.66. The van der Waals surface area contributed by atoms with Gasteiger partial charge < -0.3 is 0 Å². The second kappa shape index (κ2) is 2.97. The summed E-state index contributed by atoms with van der Waals surface area (Å²) in [4.78, 5) is 18.3. The van der Waals surface area contributed by atoms with E-state index in [-0.39, 0.29) is 0 Å². The summed E-state index contributed by atoms with van der Waals surface area (Å²) in [6.45, 7) is 5.30. The first-order valence-corrected chi connectivity index (χ1v) is 3.70. The Kier molecular flexibility index (Phi) is 2.17. The van der Waals surface area contributed by atoms with Gasteiger partial charge in [0.05, 0.1) is 5.69 Å². The van der Waals surface area contributed by atoms with E-state index in [1.807, 2.05) is 6.92 Å². The molecule has 4 nitrogen and oxygen atoms in total. The Labute approximate surface area is 71.0 Å². The minimum atomic E-state index is -0.756. The van der Waals surface area contributed by atoms with Crippen LogP contribution in [0.25, 0.3) is 0 Å². The maximum Gasteiger partial charge on any atom is 0.139 e. The highest BCUT2D eigenvalue weighted by Crippen LogP contribution is 2.21. The van der Waals surface area contributed by atoms with E-state index in [2.05, 4.69) is 15.1 Å². The average molecular weight is 165 g/mol. The molecule has 4 heteroatoms. The number of hydrogen-bond donors (Lipinski definition) is 0. The molecule has 0 aliphatic carbocycles. The van der Waals surface area contributed by atoms with Crippen molar-refractivity contribution in [3.8, 4) is 0 Å². The molecule has 1 aromatic rings. The highest BCUT2D eigenvalue weighted by molar-refractivity contribution is 5.14. The van der Waals surface area contributed by atoms with Gasteiger partial charge in [0.25, 0.3) is 0 Å². The van der Waals surface area contributed by atoms with Crippen LogP contribution >= 0.6 is 0 Å². The predicted molar refractivity (Wildman–Crippen MR) is 45.6 cm³/mol. The van der Waals surface area contributed by atoms with E-state index in [1.54, 1.807) is 19.9 Å². The molecule has 0 bridgehead atoms. The Morgan fingerprint density at radius 3 is 2.58 bits per heavy atom. The van der Waals surface area contributed by atoms with Gasteiger partial charge in [-0.1, -0.05) is 5.18 Å². The number of aryl methyl sites for hydroxylation is 1. The van der Waals surface area contributed by atoms with Crippen molar-refractivity contribution in [1.29, 1.82) is 0 Å². The average Bonchev–Trinajstić information content (AvgIpc) is 2.05. The van der Waals surface area contributed by atoms with Crippen LogP contribution in [0.4, 0.5) is 0 Å². The number of nitroso groups, excluding NO2 is 1. The standard InChI is InChI=1S/C8H11N3O/c1-6-4-7(10-5-9-6)8(2,3)11-12/h4-5H,1-3H3. The quantitative estimate of drug-likeness (QED) is 0.628. The van der Waals surface area contributed by atoms with Gasteiger partial charge in [-0.05, 0) is 26.8 Å². The molecule has 0 saturated carbocycles. The maximum atomic E-state index is 10.4. The Morgan fingerprint density at radius 2 is 2.08 bits per heavy atom. The Bertz CT molecular complexity index is 296. The van der Waals surface area contributed by atoms with Gasteiger partial charge in [0.15, 0.2) is 0 Å². The molecule has 12 heavy (non-hydrogen) atoms. The zero-order chi connectivity index (χ0) is 9.19. The normalized spacial score (nSPS) is 11.2. The van der Waals surface area contributed by atoms with Crippen LogP contribution in [0.5, 0.6) is 0 Å². The topological polar surface area (TPSA) is 55.2 Å². The predicted octanol–water partition coefficient (Wildman–Crippen LogP) is 1.79. The molecule has 64 valence electrons. The van der Waals surface area contributed by atoms with Gasteiger partial charge in [-0.2, -0.15) is 0 Å². The molecule has 0 fully saturated rings. The molecule has 0 aromatic carbocycles. The molecule has 0 N–H and O–H groups in total. The maximum absolute atomic E-state index is 10.4. The first-order valence-electron chi connectivity index (χ1n) is 3.70. The lowest BCUT2D eigenvalue weighted by atomic mass is 10.0. The Balaban J connectivity index is 3.11. The Hall–Kier alpha value is -1.32. The molecule has 0 unspecified atom stereocenters. The molecular formula is C8H11N3O. The van der Waals surface area contributed by atoms with Crippen LogP contribution in [0, 0.1) is 11.8 Å². The zero-order valence-corrected chi connectivity index (χ0v) is 7.40. The van der Waals surface area contributed by atoms with Crippen molar-refractivity contribution in [2.24, 2.45) is 5.18 Å². The van der Waals surface area contributed by atoms with Crippen molar-refractivity contribution in [1.82, 2.24) is 9.97 Å². The molecule has 0 aliphatic heterocycles. The summed E-state index contributed by atoms with van der Waals surface area (Å²) < 4.78 is 0. The first kappa shape index (κ1) is 8.77. The van der Waals surface area contributed by atoms with Crippen LogP contribution in [-0.2, 0) is 5.54 Å². The SMILES string of the molecule is Cc1cc(C(C)(C)N=O)ncn1. The van der Waals surface area contributed by atoms with Crippen molar-refractivity contribution in [2.45, 2.75) is 26.3 Å². The number of aromatic nitrogens is 2. The number of hydrogen-bond acceptors (Lipinski definition) is 4. The van der Waals surface area contributed by atoms with Gasteiger partial charge in [0.1, 0.15) is 11.9 Å². The van der Waals surface area contributed by atoms with Crippen LogP contribution in [0.2, 0.25) is 0 Å². The summed E-state index contributed by atoms with van der Waals surface area (Å²) in [6, 6.07) is 1.77. The second-order valence-electron chi connectivity index (χ2n) is 3.19. The molecule has 1 heterocycles. The second-order valence-corrected chi connectivity index (χ2v) is 3.19. The lowest BCUT2D eigenvalue weighted by Gasteiger charge is -2.13. The van der Waals surface area contributed by atoms with Gasteiger partial charge >= 0.3 is 0 Å². The smallest absolute Gasteiger partial charge is 0.139 e. The van der Waals surface area contributed by atoms with Gasteiger partial charge in [0, 0.05) is 5.69 Å². The van der Waals surface area contributed by atoms with E-state index in [9.17, 15) is 4.91 Å². The molecule has 0 spiro atoms. The molecule has 0 aliphatic rings. The highest BCUT2D eigenvalue weighted by Gasteiger charge is 2.22. The van der Waals surface area contributed by atoms with Crippen molar-refractivity contribution >= 4 is 0 Å². The highest BCUT2D eigenvalue weighted by atomic mass is 16.3. The van der Waals surface area contributed by atoms with Crippen LogP contribution in [0.1, 0.15) is 25.2 Å². The van der Waals surface area contributed by atoms with E-state index in [1.165, 1.54) is 6.33 Å². The minimum absolute atomic E-state index is 0.657. The molecule has 1 rings (SSSR count). The lowest BCUT2D eigenvalue weighted by Crippen LogP contribution is -2.15. The van der Waals surface area contributed by atoms with Crippen LogP contribution < -0.4 is 0 Å². The summed E-state index contributed by atoms with van der Waals surface area (Å²) in [5, 5.41) is 2.99. The zero-order valence-electron chi connectivity index (χ0n) is 7.40. The third kappa shape index (κ3) is 1.64. The summed E-state index contributed by atoms with van der Waals surface area (Å²) in [6.07, 6.45) is 1.44. The summed E-state index contributed by atoms with van der Waals surface area (Å²) in [7, 11) is 0. The fourth-order valence-corrected chi connectivity index (χ4v) is 0.836. The first-order chi connectivity index (χ1) is 5.56.